The van der Waals surface area contributed by atoms with Crippen molar-refractivity contribution >= 4 is 27.4 Å². The summed E-state index contributed by atoms with van der Waals surface area (Å²) in [5, 5.41) is 1.87. The first-order valence-electron chi connectivity index (χ1n) is 8.90. The van der Waals surface area contributed by atoms with Gasteiger partial charge in [-0.2, -0.15) is 13.4 Å². The van der Waals surface area contributed by atoms with Crippen LogP contribution in [0.4, 0.5) is 0 Å². The second-order valence-corrected chi connectivity index (χ2v) is 10.5. The highest BCUT2D eigenvalue weighted by atomic mass is 32.2. The molecule has 0 aliphatic heterocycles. The summed E-state index contributed by atoms with van der Waals surface area (Å²) < 4.78 is 28.7. The van der Waals surface area contributed by atoms with Gasteiger partial charge in [-0.3, -0.25) is 8.98 Å². The van der Waals surface area contributed by atoms with Gasteiger partial charge in [0.1, 0.15) is 0 Å². The fourth-order valence-corrected chi connectivity index (χ4v) is 6.55. The molecule has 0 aromatic carbocycles. The van der Waals surface area contributed by atoms with Crippen molar-refractivity contribution in [2.24, 2.45) is 28.2 Å². The first kappa shape index (κ1) is 17.4. The van der Waals surface area contributed by atoms with E-state index < -0.39 is 10.1 Å². The Bertz CT molecular complexity index is 802. The van der Waals surface area contributed by atoms with Gasteiger partial charge in [0.05, 0.1) is 18.3 Å². The van der Waals surface area contributed by atoms with E-state index in [-0.39, 0.29) is 17.9 Å². The van der Waals surface area contributed by atoms with E-state index in [9.17, 15) is 13.2 Å². The van der Waals surface area contributed by atoms with Crippen molar-refractivity contribution in [2.45, 2.75) is 45.1 Å². The maximum absolute atomic E-state index is 13.0. The molecule has 1 aromatic rings. The lowest BCUT2D eigenvalue weighted by Gasteiger charge is -2.55. The predicted molar refractivity (Wildman–Crippen MR) is 94.3 cm³/mol. The van der Waals surface area contributed by atoms with E-state index in [1.807, 2.05) is 11.6 Å². The maximum atomic E-state index is 13.0. The van der Waals surface area contributed by atoms with Gasteiger partial charge in [-0.25, -0.2) is 0 Å². The Morgan fingerprint density at radius 2 is 1.88 bits per heavy atom. The molecule has 1 aromatic heterocycles. The predicted octanol–water partition coefficient (Wildman–Crippen LogP) is 2.17. The summed E-state index contributed by atoms with van der Waals surface area (Å²) in [6.07, 6.45) is 9.77. The van der Waals surface area contributed by atoms with Gasteiger partial charge < -0.3 is 4.57 Å². The maximum Gasteiger partial charge on any atom is 0.264 e. The van der Waals surface area contributed by atoms with E-state index in [0.717, 1.165) is 25.5 Å². The summed E-state index contributed by atoms with van der Waals surface area (Å²) >= 11 is 1.41. The third-order valence-electron chi connectivity index (χ3n) is 5.98. The van der Waals surface area contributed by atoms with Crippen LogP contribution in [0.5, 0.6) is 0 Å². The zero-order valence-corrected chi connectivity index (χ0v) is 16.0. The molecular formula is C17H24N2O4S2. The van der Waals surface area contributed by atoms with Gasteiger partial charge >= 0.3 is 0 Å². The standard InChI is InChI=1S/C17H24N2O4S2/c1-25(21,22)23-4-2-19-3-5-24-16(19)18-15(20)17-9-12-6-13(10-17)8-14(7-12)11-17/h3,5,12-14H,2,4,6-11H2,1H3. The van der Waals surface area contributed by atoms with E-state index in [0.29, 0.717) is 29.1 Å². The van der Waals surface area contributed by atoms with Crippen LogP contribution in [0.25, 0.3) is 0 Å². The topological polar surface area (TPSA) is 77.7 Å². The number of hydrogen-bond acceptors (Lipinski definition) is 5. The minimum atomic E-state index is -3.45. The van der Waals surface area contributed by atoms with E-state index in [1.54, 1.807) is 4.57 Å². The smallest absolute Gasteiger partial charge is 0.264 e. The van der Waals surface area contributed by atoms with Crippen LogP contribution >= 0.6 is 11.3 Å². The summed E-state index contributed by atoms with van der Waals surface area (Å²) in [5.41, 5.74) is -0.236. The molecule has 4 aliphatic rings. The van der Waals surface area contributed by atoms with Crippen molar-refractivity contribution in [3.8, 4) is 0 Å². The Morgan fingerprint density at radius 3 is 2.44 bits per heavy atom. The van der Waals surface area contributed by atoms with Crippen molar-refractivity contribution in [2.75, 3.05) is 12.9 Å². The van der Waals surface area contributed by atoms with Crippen molar-refractivity contribution < 1.29 is 17.4 Å². The lowest BCUT2D eigenvalue weighted by Crippen LogP contribution is -2.50. The number of carbonyl (C=O) groups excluding carboxylic acids is 1. The molecule has 0 unspecified atom stereocenters. The van der Waals surface area contributed by atoms with Crippen LogP contribution < -0.4 is 4.80 Å². The first-order valence-corrected chi connectivity index (χ1v) is 11.6. The lowest BCUT2D eigenvalue weighted by molar-refractivity contribution is -0.142. The Hall–Kier alpha value is -0.990. The van der Waals surface area contributed by atoms with Crippen LogP contribution in [0.2, 0.25) is 0 Å². The average Bonchev–Trinajstić information content (AvgIpc) is 2.92. The lowest BCUT2D eigenvalue weighted by atomic mass is 9.49. The molecule has 4 fully saturated rings. The van der Waals surface area contributed by atoms with E-state index in [1.165, 1.54) is 30.6 Å². The molecule has 138 valence electrons. The Morgan fingerprint density at radius 1 is 1.28 bits per heavy atom. The zero-order chi connectivity index (χ0) is 17.7. The minimum Gasteiger partial charge on any atom is -0.321 e. The van der Waals surface area contributed by atoms with Crippen LogP contribution in [0.1, 0.15) is 38.5 Å². The third-order valence-corrected chi connectivity index (χ3v) is 7.37. The number of amides is 1. The molecule has 0 radical (unpaired) electrons. The summed E-state index contributed by atoms with van der Waals surface area (Å²) in [7, 11) is -3.45. The summed E-state index contributed by atoms with van der Waals surface area (Å²) in [6.45, 7) is 0.415. The number of rotatable bonds is 5. The molecule has 4 saturated carbocycles. The van der Waals surface area contributed by atoms with Gasteiger partial charge in [-0.15, -0.1) is 11.3 Å². The fourth-order valence-electron chi connectivity index (χ4n) is 5.42. The van der Waals surface area contributed by atoms with Crippen molar-refractivity contribution in [1.82, 2.24) is 4.57 Å². The zero-order valence-electron chi connectivity index (χ0n) is 14.4. The molecule has 0 saturated heterocycles. The fraction of sp³-hybridized carbons (Fsp3) is 0.765. The second-order valence-electron chi connectivity index (χ2n) is 8.02. The molecule has 4 aliphatic carbocycles. The van der Waals surface area contributed by atoms with Crippen molar-refractivity contribution in [3.05, 3.63) is 16.4 Å². The number of thiazole rings is 1. The van der Waals surface area contributed by atoms with Gasteiger partial charge in [-0.05, 0) is 56.3 Å². The Labute approximate surface area is 152 Å². The molecule has 0 spiro atoms. The van der Waals surface area contributed by atoms with Crippen LogP contribution in [0, 0.1) is 23.2 Å². The molecule has 5 rings (SSSR count). The third kappa shape index (κ3) is 3.61. The quantitative estimate of drug-likeness (QED) is 0.729. The van der Waals surface area contributed by atoms with E-state index in [4.69, 9.17) is 4.18 Å². The normalized spacial score (nSPS) is 34.6. The highest BCUT2D eigenvalue weighted by molar-refractivity contribution is 7.85. The van der Waals surface area contributed by atoms with Crippen molar-refractivity contribution in [3.63, 3.8) is 0 Å². The number of aromatic nitrogens is 1. The molecule has 6 nitrogen and oxygen atoms in total. The molecule has 8 heteroatoms. The van der Waals surface area contributed by atoms with Crippen LogP contribution in [0.3, 0.4) is 0 Å². The SMILES string of the molecule is CS(=O)(=O)OCCn1ccsc1=NC(=O)C12CC3CC(CC(C3)C1)C2. The van der Waals surface area contributed by atoms with E-state index >= 15 is 0 Å². The molecule has 25 heavy (non-hydrogen) atoms. The van der Waals surface area contributed by atoms with Gasteiger partial charge in [0, 0.05) is 18.1 Å². The van der Waals surface area contributed by atoms with Crippen LogP contribution in [-0.4, -0.2) is 31.8 Å². The van der Waals surface area contributed by atoms with Gasteiger partial charge in [-0.1, -0.05) is 0 Å². The Balaban J connectivity index is 1.52. The highest BCUT2D eigenvalue weighted by Gasteiger charge is 2.54. The number of nitrogens with zero attached hydrogens (tertiary/aromatic N) is 2. The van der Waals surface area contributed by atoms with Gasteiger partial charge in [0.15, 0.2) is 4.80 Å². The summed E-state index contributed by atoms with van der Waals surface area (Å²) in [6, 6.07) is 0. The van der Waals surface area contributed by atoms with Gasteiger partial charge in [0.2, 0.25) is 0 Å². The van der Waals surface area contributed by atoms with E-state index in [2.05, 4.69) is 4.99 Å². The highest BCUT2D eigenvalue weighted by Crippen LogP contribution is 2.60. The number of hydrogen-bond donors (Lipinski definition) is 0. The Kier molecular flexibility index (Phi) is 4.40. The summed E-state index contributed by atoms with van der Waals surface area (Å²) in [5.74, 6) is 2.17. The largest absolute Gasteiger partial charge is 0.321 e. The molecule has 1 heterocycles. The summed E-state index contributed by atoms with van der Waals surface area (Å²) in [4.78, 5) is 18.1. The number of carbonyl (C=O) groups is 1. The molecule has 0 atom stereocenters. The van der Waals surface area contributed by atoms with Crippen LogP contribution in [0.15, 0.2) is 16.6 Å². The van der Waals surface area contributed by atoms with Gasteiger partial charge in [0.25, 0.3) is 16.0 Å². The first-order chi connectivity index (χ1) is 11.8. The van der Waals surface area contributed by atoms with Crippen molar-refractivity contribution in [1.29, 1.82) is 0 Å². The monoisotopic (exact) mass is 384 g/mol. The molecular weight excluding hydrogens is 360 g/mol. The van der Waals surface area contributed by atoms with Crippen LogP contribution in [-0.2, 0) is 25.6 Å². The molecule has 0 N–H and O–H groups in total. The molecule has 4 bridgehead atoms. The molecule has 1 amide bonds. The second kappa shape index (κ2) is 6.32. The average molecular weight is 385 g/mol. The minimum absolute atomic E-state index is 0.0341.